The van der Waals surface area contributed by atoms with Gasteiger partial charge in [0.2, 0.25) is 0 Å². The highest BCUT2D eigenvalue weighted by atomic mass is 16.7. The van der Waals surface area contributed by atoms with Crippen LogP contribution in [0.5, 0.6) is 28.7 Å². The second-order valence-corrected chi connectivity index (χ2v) is 13.7. The number of fused-ring (bicyclic) bond motifs is 3. The van der Waals surface area contributed by atoms with Gasteiger partial charge in [-0.3, -0.25) is 4.79 Å². The van der Waals surface area contributed by atoms with Gasteiger partial charge in [-0.05, 0) is 44.2 Å². The van der Waals surface area contributed by atoms with Crippen molar-refractivity contribution in [1.29, 1.82) is 0 Å². The minimum absolute atomic E-state index is 0.0176. The third-order valence-corrected chi connectivity index (χ3v) is 10.7. The topological polar surface area (TPSA) is 233 Å². The molecule has 0 amide bonds. The largest absolute Gasteiger partial charge is 0.507 e. The number of phenolic OH excluding ortho intramolecular Hbond substituents is 4. The minimum Gasteiger partial charge on any atom is -0.507 e. The van der Waals surface area contributed by atoms with E-state index in [0.717, 1.165) is 0 Å². The molecule has 0 aromatic heterocycles. The number of carbonyl (C=O) groups excluding carboxylic acids is 1. The van der Waals surface area contributed by atoms with Gasteiger partial charge in [-0.25, -0.2) is 0 Å². The summed E-state index contributed by atoms with van der Waals surface area (Å²) >= 11 is 0. The monoisotopic (exact) mass is 697 g/mol. The fraction of sp³-hybridized carbons (Fsp3) is 0.571. The zero-order chi connectivity index (χ0) is 36.2. The molecule has 2 fully saturated rings. The van der Waals surface area contributed by atoms with Gasteiger partial charge in [0.1, 0.15) is 40.5 Å². The lowest BCUT2D eigenvalue weighted by Crippen LogP contribution is -2.52. The summed E-state index contributed by atoms with van der Waals surface area (Å²) in [7, 11) is 2.89. The number of aliphatic hydroxyl groups is 2. The molecular formula is C35H43N3O12. The number of rotatable bonds is 8. The Hall–Kier alpha value is -4.08. The van der Waals surface area contributed by atoms with Crippen molar-refractivity contribution < 1.29 is 59.1 Å². The van der Waals surface area contributed by atoms with Gasteiger partial charge in [0.15, 0.2) is 12.1 Å². The molecule has 10 atom stereocenters. The van der Waals surface area contributed by atoms with Gasteiger partial charge in [-0.15, -0.1) is 0 Å². The van der Waals surface area contributed by atoms with Gasteiger partial charge in [0.25, 0.3) is 0 Å². The minimum atomic E-state index is -2.00. The van der Waals surface area contributed by atoms with E-state index in [1.165, 1.54) is 27.2 Å². The molecular weight excluding hydrogens is 654 g/mol. The van der Waals surface area contributed by atoms with E-state index in [0.29, 0.717) is 6.42 Å². The summed E-state index contributed by atoms with van der Waals surface area (Å²) in [6.07, 6.45) is -4.92. The van der Waals surface area contributed by atoms with E-state index in [1.54, 1.807) is 19.1 Å². The average molecular weight is 698 g/mol. The molecule has 8 unspecified atom stereocenters. The molecule has 1 aliphatic heterocycles. The molecule has 6 rings (SSSR count). The second kappa shape index (κ2) is 13.6. The number of methoxy groups -OCH3 is 2. The van der Waals surface area contributed by atoms with Crippen molar-refractivity contribution in [1.82, 2.24) is 0 Å². The summed E-state index contributed by atoms with van der Waals surface area (Å²) in [4.78, 5) is 15.9. The summed E-state index contributed by atoms with van der Waals surface area (Å²) in [5.74, 6) is -2.57. The normalized spacial score (nSPS) is 32.7. The first-order valence-electron chi connectivity index (χ1n) is 16.6. The van der Waals surface area contributed by atoms with E-state index < -0.39 is 89.8 Å². The molecule has 0 radical (unpaired) electrons. The molecule has 3 aliphatic rings. The fourth-order valence-corrected chi connectivity index (χ4v) is 8.02. The summed E-state index contributed by atoms with van der Waals surface area (Å²) in [6.45, 7) is 4.82. The van der Waals surface area contributed by atoms with E-state index >= 15 is 0 Å². The Morgan fingerprint density at radius 1 is 1.00 bits per heavy atom. The van der Waals surface area contributed by atoms with Gasteiger partial charge in [0, 0.05) is 47.8 Å². The van der Waals surface area contributed by atoms with Crippen LogP contribution in [0.3, 0.4) is 0 Å². The molecule has 2 aliphatic carbocycles. The lowest BCUT2D eigenvalue weighted by Gasteiger charge is -2.44. The van der Waals surface area contributed by atoms with Crippen LogP contribution in [0.2, 0.25) is 0 Å². The van der Waals surface area contributed by atoms with Gasteiger partial charge in [-0.1, -0.05) is 24.2 Å². The SMILES string of the molecule is COc1cccc2c(O)c3c(O)c4c(c(O)c3c(O)c12)[C@@H](OC1CC(C)C(OC2CC(OC)C(O)C(C)O2)C(N=[N+]=[N-])C1)C[C@](O)(C(C)=O)C4. The number of hydrogen-bond acceptors (Lipinski definition) is 13. The van der Waals surface area contributed by atoms with Crippen LogP contribution in [0.1, 0.15) is 63.7 Å². The Balaban J connectivity index is 1.38. The predicted molar refractivity (Wildman–Crippen MR) is 178 cm³/mol. The van der Waals surface area contributed by atoms with E-state index in [1.807, 2.05) is 6.92 Å². The van der Waals surface area contributed by atoms with E-state index in [9.17, 15) is 41.0 Å². The van der Waals surface area contributed by atoms with Gasteiger partial charge < -0.3 is 54.3 Å². The highest BCUT2D eigenvalue weighted by Gasteiger charge is 2.48. The number of carbonyl (C=O) groups is 1. The van der Waals surface area contributed by atoms with Gasteiger partial charge in [0.05, 0.1) is 59.8 Å². The van der Waals surface area contributed by atoms with Crippen molar-refractivity contribution in [2.45, 2.75) is 107 Å². The number of phenols is 4. The first-order chi connectivity index (χ1) is 23.7. The maximum absolute atomic E-state index is 12.8. The first-order valence-corrected chi connectivity index (χ1v) is 16.6. The van der Waals surface area contributed by atoms with Crippen molar-refractivity contribution >= 4 is 27.3 Å². The highest BCUT2D eigenvalue weighted by Crippen LogP contribution is 2.57. The fourth-order valence-electron chi connectivity index (χ4n) is 8.02. The molecule has 6 N–H and O–H groups in total. The number of benzene rings is 3. The lowest BCUT2D eigenvalue weighted by atomic mass is 9.74. The number of azide groups is 1. The number of ether oxygens (including phenoxy) is 5. The molecule has 3 aromatic rings. The molecule has 3 aromatic carbocycles. The Morgan fingerprint density at radius 3 is 2.38 bits per heavy atom. The Kier molecular flexibility index (Phi) is 9.70. The maximum atomic E-state index is 12.8. The molecule has 1 saturated heterocycles. The highest BCUT2D eigenvalue weighted by molar-refractivity contribution is 6.17. The van der Waals surface area contributed by atoms with Crippen LogP contribution >= 0.6 is 0 Å². The number of aliphatic hydroxyl groups excluding tert-OH is 1. The Morgan fingerprint density at radius 2 is 1.72 bits per heavy atom. The van der Waals surface area contributed by atoms with E-state index in [4.69, 9.17) is 23.7 Å². The van der Waals surface area contributed by atoms with Crippen molar-refractivity contribution in [3.63, 3.8) is 0 Å². The van der Waals surface area contributed by atoms with Crippen LogP contribution in [0, 0.1) is 5.92 Å². The van der Waals surface area contributed by atoms with Crippen molar-refractivity contribution in [2.24, 2.45) is 11.0 Å². The summed E-state index contributed by atoms with van der Waals surface area (Å²) in [5.41, 5.74) is 7.50. The van der Waals surface area contributed by atoms with Crippen LogP contribution in [0.25, 0.3) is 32.0 Å². The third-order valence-electron chi connectivity index (χ3n) is 10.7. The van der Waals surface area contributed by atoms with Crippen LogP contribution in [-0.2, 0) is 30.2 Å². The summed E-state index contributed by atoms with van der Waals surface area (Å²) < 4.78 is 29.6. The number of ketones is 1. The van der Waals surface area contributed by atoms with Crippen LogP contribution in [-0.4, -0.2) is 99.1 Å². The molecule has 15 nitrogen and oxygen atoms in total. The molecule has 0 spiro atoms. The average Bonchev–Trinajstić information content (AvgIpc) is 3.07. The second-order valence-electron chi connectivity index (χ2n) is 13.7. The third kappa shape index (κ3) is 5.92. The van der Waals surface area contributed by atoms with E-state index in [2.05, 4.69) is 10.0 Å². The number of Topliss-reactive ketones (excluding diaryl/α,β-unsaturated/α-hetero) is 1. The molecule has 270 valence electrons. The standard InChI is InChI=1S/C35H43N3O12/c1-14-9-17(10-20(37-38-36)34(14)50-24-11-22(47-5)29(40)15(2)48-24)49-23-13-35(45,16(3)39)12-19-26(23)33(44)28-27(31(19)42)30(41)18-7-6-8-21(46-4)25(18)32(28)43/h6-8,14-15,17,20,22-24,29,34,40-45H,9-13H2,1-5H3/t14?,15?,17?,20?,22?,23-,24?,29?,34?,35-/m0/s1. The molecule has 15 heteroatoms. The van der Waals surface area contributed by atoms with Crippen LogP contribution in [0.15, 0.2) is 23.3 Å². The quantitative estimate of drug-likeness (QED) is 0.0627. The first kappa shape index (κ1) is 35.7. The number of hydrogen-bond donors (Lipinski definition) is 6. The molecule has 1 saturated carbocycles. The van der Waals surface area contributed by atoms with Crippen LogP contribution < -0.4 is 4.74 Å². The Bertz CT molecular complexity index is 1860. The molecule has 1 heterocycles. The lowest BCUT2D eigenvalue weighted by molar-refractivity contribution is -0.274. The van der Waals surface area contributed by atoms with Crippen molar-refractivity contribution in [2.75, 3.05) is 14.2 Å². The van der Waals surface area contributed by atoms with E-state index in [-0.39, 0.29) is 63.6 Å². The predicted octanol–water partition coefficient (Wildman–Crippen LogP) is 4.52. The van der Waals surface area contributed by atoms with Crippen LogP contribution in [0.4, 0.5) is 0 Å². The molecule has 0 bridgehead atoms. The smallest absolute Gasteiger partial charge is 0.161 e. The van der Waals surface area contributed by atoms with Gasteiger partial charge >= 0.3 is 0 Å². The zero-order valence-corrected chi connectivity index (χ0v) is 28.4. The van der Waals surface area contributed by atoms with Crippen molar-refractivity contribution in [3.8, 4) is 28.7 Å². The summed E-state index contributed by atoms with van der Waals surface area (Å²) in [6, 6.07) is 3.95. The number of aromatic hydroxyl groups is 4. The number of nitrogens with zero attached hydrogens (tertiary/aromatic N) is 3. The maximum Gasteiger partial charge on any atom is 0.161 e. The van der Waals surface area contributed by atoms with Crippen molar-refractivity contribution in [3.05, 3.63) is 39.8 Å². The summed E-state index contributed by atoms with van der Waals surface area (Å²) in [5, 5.41) is 72.1. The Labute approximate surface area is 287 Å². The van der Waals surface area contributed by atoms with Gasteiger partial charge in [-0.2, -0.15) is 0 Å². The molecule has 50 heavy (non-hydrogen) atoms. The zero-order valence-electron chi connectivity index (χ0n) is 28.4.